The van der Waals surface area contributed by atoms with Gasteiger partial charge in [-0.15, -0.1) is 0 Å². The Morgan fingerprint density at radius 1 is 1.25 bits per heavy atom. The van der Waals surface area contributed by atoms with Crippen molar-refractivity contribution in [3.8, 4) is 5.75 Å². The van der Waals surface area contributed by atoms with Crippen LogP contribution in [0, 0.1) is 6.92 Å². The second kappa shape index (κ2) is 6.11. The molecule has 20 heavy (non-hydrogen) atoms. The molecule has 0 bridgehead atoms. The van der Waals surface area contributed by atoms with E-state index in [1.54, 1.807) is 19.2 Å². The van der Waals surface area contributed by atoms with Gasteiger partial charge in [-0.2, -0.15) is 0 Å². The van der Waals surface area contributed by atoms with Crippen molar-refractivity contribution in [2.45, 2.75) is 49.7 Å². The number of rotatable bonds is 4. The Balaban J connectivity index is 2.21. The van der Waals surface area contributed by atoms with E-state index in [1.807, 2.05) is 13.0 Å². The van der Waals surface area contributed by atoms with Gasteiger partial charge in [-0.05, 0) is 43.9 Å². The Labute approximate surface area is 120 Å². The number of benzene rings is 1. The van der Waals surface area contributed by atoms with Gasteiger partial charge in [0.25, 0.3) is 0 Å². The van der Waals surface area contributed by atoms with E-state index in [1.165, 1.54) is 0 Å². The first-order chi connectivity index (χ1) is 9.40. The minimum Gasteiger partial charge on any atom is -0.489 e. The van der Waals surface area contributed by atoms with Crippen LogP contribution in [0.3, 0.4) is 0 Å². The Morgan fingerprint density at radius 2 is 1.95 bits per heavy atom. The molecule has 1 aliphatic carbocycles. The SMILES string of the molecule is COC1CCCC(Oc2ccc(C)cc2S(N)(=O)=O)C1. The van der Waals surface area contributed by atoms with E-state index in [0.717, 1.165) is 31.2 Å². The summed E-state index contributed by atoms with van der Waals surface area (Å²) in [6, 6.07) is 5.04. The third-order valence-electron chi connectivity index (χ3n) is 3.61. The highest BCUT2D eigenvalue weighted by atomic mass is 32.2. The number of methoxy groups -OCH3 is 1. The summed E-state index contributed by atoms with van der Waals surface area (Å²) in [5, 5.41) is 5.25. The predicted octanol–water partition coefficient (Wildman–Crippen LogP) is 1.98. The van der Waals surface area contributed by atoms with Crippen LogP contribution in [-0.2, 0) is 14.8 Å². The van der Waals surface area contributed by atoms with Gasteiger partial charge in [0.15, 0.2) is 0 Å². The third kappa shape index (κ3) is 3.71. The fourth-order valence-corrected chi connectivity index (χ4v) is 3.28. The van der Waals surface area contributed by atoms with E-state index in [9.17, 15) is 8.42 Å². The van der Waals surface area contributed by atoms with Crippen molar-refractivity contribution in [3.63, 3.8) is 0 Å². The van der Waals surface area contributed by atoms with Crippen molar-refractivity contribution in [2.75, 3.05) is 7.11 Å². The molecule has 0 radical (unpaired) electrons. The summed E-state index contributed by atoms with van der Waals surface area (Å²) >= 11 is 0. The lowest BCUT2D eigenvalue weighted by atomic mass is 9.95. The quantitative estimate of drug-likeness (QED) is 0.922. The zero-order valence-corrected chi connectivity index (χ0v) is 12.7. The number of sulfonamides is 1. The molecular weight excluding hydrogens is 278 g/mol. The molecule has 2 rings (SSSR count). The number of hydrogen-bond donors (Lipinski definition) is 1. The lowest BCUT2D eigenvalue weighted by Gasteiger charge is -2.29. The molecule has 6 heteroatoms. The van der Waals surface area contributed by atoms with Gasteiger partial charge in [0.05, 0.1) is 6.10 Å². The van der Waals surface area contributed by atoms with Crippen LogP contribution in [0.25, 0.3) is 0 Å². The molecule has 112 valence electrons. The van der Waals surface area contributed by atoms with Gasteiger partial charge in [-0.25, -0.2) is 13.6 Å². The molecule has 0 aliphatic heterocycles. The molecule has 1 aromatic carbocycles. The van der Waals surface area contributed by atoms with Gasteiger partial charge in [0, 0.05) is 13.5 Å². The fourth-order valence-electron chi connectivity index (χ4n) is 2.54. The van der Waals surface area contributed by atoms with Gasteiger partial charge in [-0.3, -0.25) is 0 Å². The number of ether oxygens (including phenoxy) is 2. The molecule has 0 amide bonds. The third-order valence-corrected chi connectivity index (χ3v) is 4.54. The first-order valence-corrected chi connectivity index (χ1v) is 8.27. The number of aryl methyl sites for hydroxylation is 1. The lowest BCUT2D eigenvalue weighted by Crippen LogP contribution is -2.30. The van der Waals surface area contributed by atoms with Crippen molar-refractivity contribution < 1.29 is 17.9 Å². The van der Waals surface area contributed by atoms with Crippen molar-refractivity contribution in [2.24, 2.45) is 5.14 Å². The van der Waals surface area contributed by atoms with Gasteiger partial charge < -0.3 is 9.47 Å². The molecule has 1 aliphatic rings. The Bertz CT molecular complexity index is 571. The zero-order valence-electron chi connectivity index (χ0n) is 11.8. The number of hydrogen-bond acceptors (Lipinski definition) is 4. The molecular formula is C14H21NO4S. The predicted molar refractivity (Wildman–Crippen MR) is 76.2 cm³/mol. The van der Waals surface area contributed by atoms with Gasteiger partial charge >= 0.3 is 0 Å². The zero-order chi connectivity index (χ0) is 14.8. The minimum atomic E-state index is -3.78. The van der Waals surface area contributed by atoms with E-state index < -0.39 is 10.0 Å². The Hall–Kier alpha value is -1.11. The van der Waals surface area contributed by atoms with E-state index in [4.69, 9.17) is 14.6 Å². The molecule has 0 aromatic heterocycles. The molecule has 2 N–H and O–H groups in total. The number of primary sulfonamides is 1. The molecule has 0 heterocycles. The first-order valence-electron chi connectivity index (χ1n) is 6.73. The Kier molecular flexibility index (Phi) is 4.67. The molecule has 1 saturated carbocycles. The summed E-state index contributed by atoms with van der Waals surface area (Å²) in [5.41, 5.74) is 0.833. The van der Waals surface area contributed by atoms with Crippen molar-refractivity contribution >= 4 is 10.0 Å². The summed E-state index contributed by atoms with van der Waals surface area (Å²) in [6.45, 7) is 1.82. The highest BCUT2D eigenvalue weighted by Gasteiger charge is 2.25. The average Bonchev–Trinajstić information content (AvgIpc) is 2.40. The Morgan fingerprint density at radius 3 is 2.60 bits per heavy atom. The first kappa shape index (κ1) is 15.3. The van der Waals surface area contributed by atoms with Crippen LogP contribution in [0.2, 0.25) is 0 Å². The topological polar surface area (TPSA) is 78.6 Å². The van der Waals surface area contributed by atoms with Crippen LogP contribution in [0.1, 0.15) is 31.2 Å². The second-order valence-corrected chi connectivity index (χ2v) is 6.79. The summed E-state index contributed by atoms with van der Waals surface area (Å²) in [5.74, 6) is 0.333. The molecule has 0 saturated heterocycles. The largest absolute Gasteiger partial charge is 0.489 e. The molecule has 2 atom stereocenters. The maximum absolute atomic E-state index is 11.6. The van der Waals surface area contributed by atoms with E-state index in [-0.39, 0.29) is 17.1 Å². The maximum Gasteiger partial charge on any atom is 0.241 e. The monoisotopic (exact) mass is 299 g/mol. The summed E-state index contributed by atoms with van der Waals surface area (Å²) < 4.78 is 34.5. The van der Waals surface area contributed by atoms with Crippen LogP contribution in [0.15, 0.2) is 23.1 Å². The highest BCUT2D eigenvalue weighted by molar-refractivity contribution is 7.89. The minimum absolute atomic E-state index is 0.0306. The highest BCUT2D eigenvalue weighted by Crippen LogP contribution is 2.29. The average molecular weight is 299 g/mol. The second-order valence-electron chi connectivity index (χ2n) is 5.26. The molecule has 2 unspecified atom stereocenters. The van der Waals surface area contributed by atoms with Crippen LogP contribution >= 0.6 is 0 Å². The standard InChI is InChI=1S/C14H21NO4S/c1-10-6-7-13(14(8-10)20(15,16)17)19-12-5-3-4-11(9-12)18-2/h6-8,11-12H,3-5,9H2,1-2H3,(H2,15,16,17). The molecule has 5 nitrogen and oxygen atoms in total. The normalized spacial score (nSPS) is 23.6. The van der Waals surface area contributed by atoms with Crippen molar-refractivity contribution in [1.29, 1.82) is 0 Å². The van der Waals surface area contributed by atoms with Crippen LogP contribution in [0.4, 0.5) is 0 Å². The van der Waals surface area contributed by atoms with Gasteiger partial charge in [0.2, 0.25) is 10.0 Å². The van der Waals surface area contributed by atoms with Crippen LogP contribution in [0.5, 0.6) is 5.75 Å². The molecule has 1 aromatic rings. The lowest BCUT2D eigenvalue weighted by molar-refractivity contribution is 0.0200. The number of nitrogens with two attached hydrogens (primary N) is 1. The molecule has 0 spiro atoms. The van der Waals surface area contributed by atoms with Gasteiger partial charge in [0.1, 0.15) is 16.7 Å². The summed E-state index contributed by atoms with van der Waals surface area (Å²) in [4.78, 5) is 0.0528. The van der Waals surface area contributed by atoms with Gasteiger partial charge in [-0.1, -0.05) is 6.07 Å². The summed E-state index contributed by atoms with van der Waals surface area (Å²) in [7, 11) is -2.09. The van der Waals surface area contributed by atoms with E-state index in [0.29, 0.717) is 5.75 Å². The van der Waals surface area contributed by atoms with Crippen molar-refractivity contribution in [1.82, 2.24) is 0 Å². The van der Waals surface area contributed by atoms with Crippen molar-refractivity contribution in [3.05, 3.63) is 23.8 Å². The smallest absolute Gasteiger partial charge is 0.241 e. The van der Waals surface area contributed by atoms with Crippen LogP contribution < -0.4 is 9.88 Å². The van der Waals surface area contributed by atoms with E-state index in [2.05, 4.69) is 0 Å². The van der Waals surface area contributed by atoms with Crippen LogP contribution in [-0.4, -0.2) is 27.7 Å². The fraction of sp³-hybridized carbons (Fsp3) is 0.571. The summed E-state index contributed by atoms with van der Waals surface area (Å²) in [6.07, 6.45) is 3.85. The van der Waals surface area contributed by atoms with E-state index >= 15 is 0 Å². The maximum atomic E-state index is 11.6. The molecule has 1 fully saturated rings.